The van der Waals surface area contributed by atoms with Gasteiger partial charge in [-0.25, -0.2) is 9.48 Å². The molecule has 6 heteroatoms. The molecule has 0 bridgehead atoms. The molecule has 76 valence electrons. The molecule has 0 radical (unpaired) electrons. The van der Waals surface area contributed by atoms with Gasteiger partial charge in [0.1, 0.15) is 0 Å². The molecule has 0 amide bonds. The second-order valence-corrected chi connectivity index (χ2v) is 3.47. The van der Waals surface area contributed by atoms with Gasteiger partial charge in [0.05, 0.1) is 5.69 Å². The van der Waals surface area contributed by atoms with E-state index in [0.717, 1.165) is 0 Å². The Hall–Kier alpha value is -1.17. The van der Waals surface area contributed by atoms with Crippen LogP contribution < -0.4 is 0 Å². The summed E-state index contributed by atoms with van der Waals surface area (Å²) in [6.45, 7) is 1.79. The van der Waals surface area contributed by atoms with Gasteiger partial charge < -0.3 is 5.11 Å². The number of carboxylic acid groups (broad SMARTS) is 1. The second kappa shape index (κ2) is 4.36. The number of hydrogen-bond donors (Lipinski definition) is 1. The van der Waals surface area contributed by atoms with E-state index in [0.29, 0.717) is 22.3 Å². The fourth-order valence-electron chi connectivity index (χ4n) is 0.972. The molecular weight excluding hydrogens is 250 g/mol. The van der Waals surface area contributed by atoms with Gasteiger partial charge in [0.25, 0.3) is 0 Å². The van der Waals surface area contributed by atoms with Gasteiger partial charge in [-0.3, -0.25) is 0 Å². The minimum atomic E-state index is -0.916. The van der Waals surface area contributed by atoms with E-state index in [1.54, 1.807) is 20.0 Å². The Kier molecular flexibility index (Phi) is 3.40. The predicted molar refractivity (Wildman–Crippen MR) is 54.6 cm³/mol. The Bertz CT molecular complexity index is 364. The lowest BCUT2D eigenvalue weighted by molar-refractivity contribution is -0.132. The molecule has 1 heterocycles. The molecule has 0 aliphatic rings. The quantitative estimate of drug-likeness (QED) is 0.835. The molecule has 1 aromatic heterocycles. The first-order valence-electron chi connectivity index (χ1n) is 4.05. The van der Waals surface area contributed by atoms with Gasteiger partial charge in [-0.05, 0) is 28.4 Å². The van der Waals surface area contributed by atoms with Crippen LogP contribution in [-0.2, 0) is 11.8 Å². The summed E-state index contributed by atoms with van der Waals surface area (Å²) in [5.41, 5.74) is 0.986. The van der Waals surface area contributed by atoms with E-state index in [2.05, 4.69) is 26.2 Å². The summed E-state index contributed by atoms with van der Waals surface area (Å²) in [4.78, 5) is 10.7. The second-order valence-electron chi connectivity index (χ2n) is 2.72. The van der Waals surface area contributed by atoms with Gasteiger partial charge in [0.2, 0.25) is 0 Å². The van der Waals surface area contributed by atoms with Crippen molar-refractivity contribution in [3.63, 3.8) is 0 Å². The molecule has 0 saturated heterocycles. The van der Waals surface area contributed by atoms with Crippen molar-refractivity contribution in [3.05, 3.63) is 15.9 Å². The standard InChI is InChI=1S/C8H10BrN3O2/c1-3-5(8(13)14)4-6-7(9)10-11-12(6)2/h4H,3H2,1-2H3,(H,13,14)/b5-4+. The summed E-state index contributed by atoms with van der Waals surface area (Å²) in [7, 11) is 1.71. The Labute approximate surface area is 89.6 Å². The molecule has 5 nitrogen and oxygen atoms in total. The lowest BCUT2D eigenvalue weighted by Crippen LogP contribution is -2.01. The third kappa shape index (κ3) is 2.20. The summed E-state index contributed by atoms with van der Waals surface area (Å²) in [6.07, 6.45) is 2.03. The van der Waals surface area contributed by atoms with Crippen LogP contribution in [0.1, 0.15) is 19.0 Å². The van der Waals surface area contributed by atoms with Gasteiger partial charge in [-0.1, -0.05) is 12.1 Å². The van der Waals surface area contributed by atoms with E-state index in [1.807, 2.05) is 0 Å². The average Bonchev–Trinajstić information content (AvgIpc) is 2.43. The van der Waals surface area contributed by atoms with Crippen LogP contribution in [0.25, 0.3) is 6.08 Å². The largest absolute Gasteiger partial charge is 0.478 e. The molecule has 1 N–H and O–H groups in total. The van der Waals surface area contributed by atoms with E-state index < -0.39 is 5.97 Å². The van der Waals surface area contributed by atoms with Gasteiger partial charge >= 0.3 is 5.97 Å². The zero-order valence-corrected chi connectivity index (χ0v) is 9.45. The van der Waals surface area contributed by atoms with Crippen molar-refractivity contribution >= 4 is 28.0 Å². The molecule has 0 atom stereocenters. The zero-order valence-electron chi connectivity index (χ0n) is 7.86. The fourth-order valence-corrected chi connectivity index (χ4v) is 1.41. The van der Waals surface area contributed by atoms with E-state index in [9.17, 15) is 4.79 Å². The predicted octanol–water partition coefficient (Wildman–Crippen LogP) is 1.46. The highest BCUT2D eigenvalue weighted by Crippen LogP contribution is 2.16. The molecular formula is C8H10BrN3O2. The average molecular weight is 260 g/mol. The fraction of sp³-hybridized carbons (Fsp3) is 0.375. The topological polar surface area (TPSA) is 68.0 Å². The zero-order chi connectivity index (χ0) is 10.7. The van der Waals surface area contributed by atoms with Crippen molar-refractivity contribution in [2.45, 2.75) is 13.3 Å². The number of carbonyl (C=O) groups is 1. The van der Waals surface area contributed by atoms with Crippen LogP contribution in [-0.4, -0.2) is 26.1 Å². The Morgan fingerprint density at radius 3 is 2.71 bits per heavy atom. The maximum atomic E-state index is 10.7. The summed E-state index contributed by atoms with van der Waals surface area (Å²) < 4.78 is 2.06. The van der Waals surface area contributed by atoms with Gasteiger partial charge in [-0.15, -0.1) is 5.10 Å². The maximum Gasteiger partial charge on any atom is 0.331 e. The molecule has 14 heavy (non-hydrogen) atoms. The first-order chi connectivity index (χ1) is 6.56. The molecule has 0 spiro atoms. The van der Waals surface area contributed by atoms with Gasteiger partial charge in [-0.2, -0.15) is 0 Å². The smallest absolute Gasteiger partial charge is 0.331 e. The number of halogens is 1. The normalized spacial score (nSPS) is 11.8. The van der Waals surface area contributed by atoms with Crippen LogP contribution in [0, 0.1) is 0 Å². The molecule has 0 aromatic carbocycles. The molecule has 0 aliphatic heterocycles. The lowest BCUT2D eigenvalue weighted by atomic mass is 10.2. The number of aryl methyl sites for hydroxylation is 1. The van der Waals surface area contributed by atoms with Crippen LogP contribution in [0.2, 0.25) is 0 Å². The summed E-state index contributed by atoms with van der Waals surface area (Å²) in [5.74, 6) is -0.916. The Morgan fingerprint density at radius 1 is 1.71 bits per heavy atom. The Morgan fingerprint density at radius 2 is 2.36 bits per heavy atom. The van der Waals surface area contributed by atoms with Gasteiger partial charge in [0, 0.05) is 12.6 Å². The van der Waals surface area contributed by atoms with Crippen LogP contribution in [0.3, 0.4) is 0 Å². The molecule has 0 unspecified atom stereocenters. The summed E-state index contributed by atoms with van der Waals surface area (Å²) in [6, 6.07) is 0. The SMILES string of the molecule is CC/C(=C\c1c(Br)nnn1C)C(=O)O. The molecule has 0 fully saturated rings. The van der Waals surface area contributed by atoms with Crippen LogP contribution in [0.5, 0.6) is 0 Å². The van der Waals surface area contributed by atoms with Gasteiger partial charge in [0.15, 0.2) is 4.60 Å². The first kappa shape index (κ1) is 10.9. The third-order valence-electron chi connectivity index (χ3n) is 1.79. The van der Waals surface area contributed by atoms with Crippen molar-refractivity contribution in [2.24, 2.45) is 7.05 Å². The van der Waals surface area contributed by atoms with E-state index in [-0.39, 0.29) is 0 Å². The lowest BCUT2D eigenvalue weighted by Gasteiger charge is -1.98. The third-order valence-corrected chi connectivity index (χ3v) is 2.36. The highest BCUT2D eigenvalue weighted by atomic mass is 79.9. The van der Waals surface area contributed by atoms with Crippen molar-refractivity contribution in [2.75, 3.05) is 0 Å². The highest BCUT2D eigenvalue weighted by molar-refractivity contribution is 9.10. The van der Waals surface area contributed by atoms with Crippen LogP contribution in [0.15, 0.2) is 10.2 Å². The van der Waals surface area contributed by atoms with Crippen LogP contribution in [0.4, 0.5) is 0 Å². The number of carboxylic acids is 1. The number of rotatable bonds is 3. The number of aliphatic carboxylic acids is 1. The monoisotopic (exact) mass is 259 g/mol. The van der Waals surface area contributed by atoms with E-state index >= 15 is 0 Å². The van der Waals surface area contributed by atoms with Crippen molar-refractivity contribution in [1.82, 2.24) is 15.0 Å². The number of aromatic nitrogens is 3. The summed E-state index contributed by atoms with van der Waals surface area (Å²) >= 11 is 3.19. The van der Waals surface area contributed by atoms with E-state index in [1.165, 1.54) is 4.68 Å². The molecule has 0 saturated carbocycles. The van der Waals surface area contributed by atoms with Crippen molar-refractivity contribution in [1.29, 1.82) is 0 Å². The molecule has 1 rings (SSSR count). The minimum absolute atomic E-state index is 0.330. The number of nitrogens with zero attached hydrogens (tertiary/aromatic N) is 3. The highest BCUT2D eigenvalue weighted by Gasteiger charge is 2.09. The Balaban J connectivity index is 3.12. The molecule has 0 aliphatic carbocycles. The van der Waals surface area contributed by atoms with Crippen molar-refractivity contribution < 1.29 is 9.90 Å². The minimum Gasteiger partial charge on any atom is -0.478 e. The van der Waals surface area contributed by atoms with E-state index in [4.69, 9.17) is 5.11 Å². The van der Waals surface area contributed by atoms with Crippen LogP contribution >= 0.6 is 15.9 Å². The first-order valence-corrected chi connectivity index (χ1v) is 4.84. The molecule has 1 aromatic rings. The summed E-state index contributed by atoms with van der Waals surface area (Å²) in [5, 5.41) is 16.3. The number of hydrogen-bond acceptors (Lipinski definition) is 3. The van der Waals surface area contributed by atoms with Crippen molar-refractivity contribution in [3.8, 4) is 0 Å². The maximum absolute atomic E-state index is 10.7.